The molecule has 2 unspecified atom stereocenters. The van der Waals surface area contributed by atoms with Crippen molar-refractivity contribution in [1.29, 1.82) is 0 Å². The highest BCUT2D eigenvalue weighted by atomic mass is 16.6. The summed E-state index contributed by atoms with van der Waals surface area (Å²) in [6.07, 6.45) is 3.65. The van der Waals surface area contributed by atoms with Crippen LogP contribution in [0.1, 0.15) is 50.8 Å². The van der Waals surface area contributed by atoms with Gasteiger partial charge >= 0.3 is 6.09 Å². The monoisotopic (exact) mass is 420 g/mol. The molecule has 0 aliphatic carbocycles. The Morgan fingerprint density at radius 3 is 2.45 bits per heavy atom. The van der Waals surface area contributed by atoms with E-state index in [2.05, 4.69) is 4.98 Å². The predicted octanol–water partition coefficient (Wildman–Crippen LogP) is 5.30. The second kappa shape index (κ2) is 8.19. The van der Waals surface area contributed by atoms with Gasteiger partial charge in [-0.1, -0.05) is 54.6 Å². The molecule has 1 aliphatic rings. The minimum absolute atomic E-state index is 0.146. The SMILES string of the molecule is CC(c1ccc(-c2cnco2)cc1)N1CCC(CC(C)(C)O)(c2ccccc2)OC1=O. The van der Waals surface area contributed by atoms with Crippen LogP contribution in [-0.2, 0) is 10.3 Å². The predicted molar refractivity (Wildman–Crippen MR) is 117 cm³/mol. The number of nitrogens with zero attached hydrogens (tertiary/aromatic N) is 2. The van der Waals surface area contributed by atoms with Gasteiger partial charge in [-0.05, 0) is 31.9 Å². The molecule has 1 amide bonds. The van der Waals surface area contributed by atoms with Gasteiger partial charge in [0, 0.05) is 24.9 Å². The van der Waals surface area contributed by atoms with Crippen LogP contribution in [0.4, 0.5) is 4.79 Å². The minimum Gasteiger partial charge on any atom is -0.444 e. The van der Waals surface area contributed by atoms with Gasteiger partial charge in [0.05, 0.1) is 17.8 Å². The molecule has 0 spiro atoms. The standard InChI is InChI=1S/C25H28N2O4/c1-18(19-9-11-20(12-10-19)22-15-26-17-30-22)27-14-13-25(31-23(27)28,16-24(2,3)29)21-7-5-4-6-8-21/h4-12,15,17-18,29H,13-14,16H2,1-3H3. The smallest absolute Gasteiger partial charge is 0.411 e. The van der Waals surface area contributed by atoms with Crippen LogP contribution in [0.2, 0.25) is 0 Å². The highest BCUT2D eigenvalue weighted by Gasteiger charge is 2.46. The molecule has 1 fully saturated rings. The maximum absolute atomic E-state index is 13.1. The quantitative estimate of drug-likeness (QED) is 0.585. The van der Waals surface area contributed by atoms with E-state index in [1.165, 1.54) is 6.39 Å². The number of hydrogen-bond donors (Lipinski definition) is 1. The van der Waals surface area contributed by atoms with Crippen LogP contribution in [0.5, 0.6) is 0 Å². The third-order valence-electron chi connectivity index (χ3n) is 5.87. The van der Waals surface area contributed by atoms with Crippen LogP contribution < -0.4 is 0 Å². The molecule has 1 N–H and O–H groups in total. The Morgan fingerprint density at radius 1 is 1.16 bits per heavy atom. The first-order chi connectivity index (χ1) is 14.8. The maximum Gasteiger partial charge on any atom is 0.411 e. The number of carbonyl (C=O) groups is 1. The van der Waals surface area contributed by atoms with Crippen LogP contribution in [0.15, 0.2) is 71.6 Å². The largest absolute Gasteiger partial charge is 0.444 e. The molecular weight excluding hydrogens is 392 g/mol. The molecule has 2 atom stereocenters. The Hall–Kier alpha value is -3.12. The van der Waals surface area contributed by atoms with Gasteiger partial charge in [0.1, 0.15) is 5.60 Å². The lowest BCUT2D eigenvalue weighted by molar-refractivity contribution is -0.101. The van der Waals surface area contributed by atoms with Crippen molar-refractivity contribution in [3.63, 3.8) is 0 Å². The molecule has 6 heteroatoms. The number of aromatic nitrogens is 1. The molecule has 2 aromatic carbocycles. The molecule has 162 valence electrons. The van der Waals surface area contributed by atoms with Gasteiger partial charge in [-0.25, -0.2) is 9.78 Å². The third kappa shape index (κ3) is 4.49. The highest BCUT2D eigenvalue weighted by Crippen LogP contribution is 2.42. The zero-order valence-electron chi connectivity index (χ0n) is 18.1. The van der Waals surface area contributed by atoms with Crippen molar-refractivity contribution in [2.75, 3.05) is 6.54 Å². The lowest BCUT2D eigenvalue weighted by Crippen LogP contribution is -2.51. The van der Waals surface area contributed by atoms with Crippen molar-refractivity contribution in [3.05, 3.63) is 78.3 Å². The van der Waals surface area contributed by atoms with Crippen LogP contribution in [0, 0.1) is 0 Å². The number of benzene rings is 2. The van der Waals surface area contributed by atoms with E-state index in [4.69, 9.17) is 9.15 Å². The number of ether oxygens (including phenoxy) is 1. The van der Waals surface area contributed by atoms with Crippen molar-refractivity contribution in [3.8, 4) is 11.3 Å². The summed E-state index contributed by atoms with van der Waals surface area (Å²) in [6, 6.07) is 17.5. The maximum atomic E-state index is 13.1. The Bertz CT molecular complexity index is 1010. The molecular formula is C25H28N2O4. The van der Waals surface area contributed by atoms with Crippen molar-refractivity contribution >= 4 is 6.09 Å². The summed E-state index contributed by atoms with van der Waals surface area (Å²) in [7, 11) is 0. The average molecular weight is 421 g/mol. The Kier molecular flexibility index (Phi) is 5.58. The van der Waals surface area contributed by atoms with Gasteiger partial charge in [-0.3, -0.25) is 0 Å². The van der Waals surface area contributed by atoms with Gasteiger partial charge in [-0.15, -0.1) is 0 Å². The third-order valence-corrected chi connectivity index (χ3v) is 5.87. The molecule has 0 radical (unpaired) electrons. The summed E-state index contributed by atoms with van der Waals surface area (Å²) in [5.41, 5.74) is 1.04. The Morgan fingerprint density at radius 2 is 1.87 bits per heavy atom. The Labute approximate surface area is 182 Å². The van der Waals surface area contributed by atoms with Crippen molar-refractivity contribution in [2.45, 2.75) is 50.9 Å². The van der Waals surface area contributed by atoms with E-state index in [-0.39, 0.29) is 12.1 Å². The fourth-order valence-electron chi connectivity index (χ4n) is 4.36. The first-order valence-electron chi connectivity index (χ1n) is 10.5. The number of cyclic esters (lactones) is 1. The second-order valence-corrected chi connectivity index (χ2v) is 8.82. The molecule has 31 heavy (non-hydrogen) atoms. The van der Waals surface area contributed by atoms with Crippen molar-refractivity contribution < 1.29 is 19.1 Å². The van der Waals surface area contributed by atoms with E-state index >= 15 is 0 Å². The first-order valence-corrected chi connectivity index (χ1v) is 10.5. The molecule has 1 saturated heterocycles. The number of carbonyl (C=O) groups excluding carboxylic acids is 1. The number of rotatable bonds is 6. The van der Waals surface area contributed by atoms with Crippen molar-refractivity contribution in [2.24, 2.45) is 0 Å². The van der Waals surface area contributed by atoms with E-state index < -0.39 is 11.2 Å². The normalized spacial score (nSPS) is 20.4. The van der Waals surface area contributed by atoms with Crippen molar-refractivity contribution in [1.82, 2.24) is 9.88 Å². The number of aliphatic hydroxyl groups is 1. The summed E-state index contributed by atoms with van der Waals surface area (Å²) in [5.74, 6) is 0.704. The molecule has 0 saturated carbocycles. The van der Waals surface area contributed by atoms with Crippen LogP contribution in [0.3, 0.4) is 0 Å². The summed E-state index contributed by atoms with van der Waals surface area (Å²) < 4.78 is 11.4. The van der Waals surface area contributed by atoms with Crippen LogP contribution in [-0.4, -0.2) is 33.2 Å². The fourth-order valence-corrected chi connectivity index (χ4v) is 4.36. The van der Waals surface area contributed by atoms with Gasteiger partial charge < -0.3 is 19.2 Å². The lowest BCUT2D eigenvalue weighted by atomic mass is 9.80. The molecule has 0 bridgehead atoms. The molecule has 1 aliphatic heterocycles. The average Bonchev–Trinajstić information content (AvgIpc) is 3.28. The number of amides is 1. The fraction of sp³-hybridized carbons (Fsp3) is 0.360. The van der Waals surface area contributed by atoms with Gasteiger partial charge in [0.15, 0.2) is 12.2 Å². The summed E-state index contributed by atoms with van der Waals surface area (Å²) in [4.78, 5) is 18.8. The minimum atomic E-state index is -0.972. The zero-order valence-corrected chi connectivity index (χ0v) is 18.1. The molecule has 2 heterocycles. The first kappa shape index (κ1) is 21.1. The summed E-state index contributed by atoms with van der Waals surface area (Å²) >= 11 is 0. The summed E-state index contributed by atoms with van der Waals surface area (Å²) in [5, 5.41) is 10.5. The zero-order chi connectivity index (χ0) is 22.1. The highest BCUT2D eigenvalue weighted by molar-refractivity contribution is 5.70. The molecule has 6 nitrogen and oxygen atoms in total. The van der Waals surface area contributed by atoms with E-state index in [0.717, 1.165) is 16.7 Å². The lowest BCUT2D eigenvalue weighted by Gasteiger charge is -2.45. The van der Waals surface area contributed by atoms with Gasteiger partial charge in [0.2, 0.25) is 0 Å². The van der Waals surface area contributed by atoms with E-state index in [0.29, 0.717) is 25.1 Å². The van der Waals surface area contributed by atoms with Crippen LogP contribution in [0.25, 0.3) is 11.3 Å². The molecule has 4 rings (SSSR count). The van der Waals surface area contributed by atoms with E-state index in [9.17, 15) is 9.90 Å². The summed E-state index contributed by atoms with van der Waals surface area (Å²) in [6.45, 7) is 6.03. The topological polar surface area (TPSA) is 75.8 Å². The number of hydrogen-bond acceptors (Lipinski definition) is 5. The molecule has 1 aromatic heterocycles. The van der Waals surface area contributed by atoms with E-state index in [1.807, 2.05) is 61.5 Å². The second-order valence-electron chi connectivity index (χ2n) is 8.82. The van der Waals surface area contributed by atoms with E-state index in [1.54, 1.807) is 24.9 Å². The molecule has 3 aromatic rings. The van der Waals surface area contributed by atoms with Gasteiger partial charge in [-0.2, -0.15) is 0 Å². The Balaban J connectivity index is 1.54. The van der Waals surface area contributed by atoms with Crippen LogP contribution >= 0.6 is 0 Å². The number of oxazole rings is 1. The van der Waals surface area contributed by atoms with Gasteiger partial charge in [0.25, 0.3) is 0 Å².